The fourth-order valence-electron chi connectivity index (χ4n) is 2.67. The molecule has 10 nitrogen and oxygen atoms in total. The Bertz CT molecular complexity index is 1120. The standard InChI is InChI=1S/C16H15N9O/c17-13-10-2-1-9(5-11(10)20-6-21-13)16(26)19-3-4-25-8-24-12-14(18)22-7-23-15(12)25/h1-2,5-8H,3-4H2,(H,19,26)(H2,17,20,21)(H2,18,22,23). The van der Waals surface area contributed by atoms with Gasteiger partial charge in [0.15, 0.2) is 11.5 Å². The smallest absolute Gasteiger partial charge is 0.251 e. The number of nitrogens with zero attached hydrogens (tertiary/aromatic N) is 6. The van der Waals surface area contributed by atoms with Crippen LogP contribution >= 0.6 is 0 Å². The number of nitrogens with one attached hydrogen (secondary N) is 1. The summed E-state index contributed by atoms with van der Waals surface area (Å²) in [6.45, 7) is 0.902. The molecule has 0 atom stereocenters. The number of hydrogen-bond donors (Lipinski definition) is 3. The highest BCUT2D eigenvalue weighted by atomic mass is 16.1. The van der Waals surface area contributed by atoms with Gasteiger partial charge < -0.3 is 21.4 Å². The van der Waals surface area contributed by atoms with Gasteiger partial charge in [-0.05, 0) is 18.2 Å². The second-order valence-corrected chi connectivity index (χ2v) is 5.62. The number of nitrogen functional groups attached to an aromatic ring is 2. The lowest BCUT2D eigenvalue weighted by Gasteiger charge is -2.08. The van der Waals surface area contributed by atoms with Crippen molar-refractivity contribution in [1.29, 1.82) is 0 Å². The number of carbonyl (C=O) groups excluding carboxylic acids is 1. The Morgan fingerprint density at radius 1 is 1.04 bits per heavy atom. The van der Waals surface area contributed by atoms with Crippen molar-refractivity contribution >= 4 is 39.6 Å². The van der Waals surface area contributed by atoms with Crippen molar-refractivity contribution < 1.29 is 4.79 Å². The van der Waals surface area contributed by atoms with Gasteiger partial charge in [-0.2, -0.15) is 0 Å². The zero-order valence-corrected chi connectivity index (χ0v) is 13.6. The molecule has 0 saturated heterocycles. The van der Waals surface area contributed by atoms with Crippen molar-refractivity contribution in [2.24, 2.45) is 0 Å². The van der Waals surface area contributed by atoms with Crippen molar-refractivity contribution in [3.8, 4) is 0 Å². The molecule has 0 unspecified atom stereocenters. The van der Waals surface area contributed by atoms with Gasteiger partial charge in [0.25, 0.3) is 5.91 Å². The minimum Gasteiger partial charge on any atom is -0.383 e. The molecule has 0 spiro atoms. The fourth-order valence-corrected chi connectivity index (χ4v) is 2.67. The first kappa shape index (κ1) is 15.7. The third-order valence-electron chi connectivity index (χ3n) is 4.00. The molecule has 0 aliphatic heterocycles. The number of imidazole rings is 1. The van der Waals surface area contributed by atoms with Crippen LogP contribution in [0.5, 0.6) is 0 Å². The van der Waals surface area contributed by atoms with Crippen molar-refractivity contribution in [1.82, 2.24) is 34.8 Å². The summed E-state index contributed by atoms with van der Waals surface area (Å²) in [6.07, 6.45) is 4.38. The van der Waals surface area contributed by atoms with Gasteiger partial charge in [-0.3, -0.25) is 4.79 Å². The van der Waals surface area contributed by atoms with Gasteiger partial charge in [0.2, 0.25) is 0 Å². The summed E-state index contributed by atoms with van der Waals surface area (Å²) in [5.74, 6) is 0.507. The second kappa shape index (κ2) is 6.24. The molecular formula is C16H15N9O. The summed E-state index contributed by atoms with van der Waals surface area (Å²) in [6, 6.07) is 5.11. The molecule has 26 heavy (non-hydrogen) atoms. The van der Waals surface area contributed by atoms with E-state index in [1.807, 2.05) is 4.57 Å². The number of aromatic nitrogens is 6. The quantitative estimate of drug-likeness (QED) is 0.478. The Morgan fingerprint density at radius 3 is 2.73 bits per heavy atom. The summed E-state index contributed by atoms with van der Waals surface area (Å²) in [4.78, 5) is 32.7. The van der Waals surface area contributed by atoms with E-state index in [2.05, 4.69) is 30.2 Å². The van der Waals surface area contributed by atoms with Gasteiger partial charge in [0.05, 0.1) is 11.8 Å². The first-order valence-electron chi connectivity index (χ1n) is 7.83. The van der Waals surface area contributed by atoms with Gasteiger partial charge in [-0.25, -0.2) is 24.9 Å². The largest absolute Gasteiger partial charge is 0.383 e. The minimum atomic E-state index is -0.206. The maximum Gasteiger partial charge on any atom is 0.251 e. The van der Waals surface area contributed by atoms with Crippen LogP contribution in [0, 0.1) is 0 Å². The monoisotopic (exact) mass is 349 g/mol. The predicted octanol–water partition coefficient (Wildman–Crippen LogP) is 0.364. The SMILES string of the molecule is Nc1ncnc2cc(C(=O)NCCn3cnc4c(N)ncnc43)ccc12. The van der Waals surface area contributed by atoms with Crippen LogP contribution in [0.4, 0.5) is 11.6 Å². The van der Waals surface area contributed by atoms with Crippen LogP contribution in [0.25, 0.3) is 22.1 Å². The molecule has 1 aromatic carbocycles. The van der Waals surface area contributed by atoms with Gasteiger partial charge >= 0.3 is 0 Å². The van der Waals surface area contributed by atoms with Crippen LogP contribution in [-0.4, -0.2) is 41.9 Å². The molecule has 0 aliphatic rings. The van der Waals surface area contributed by atoms with Crippen LogP contribution < -0.4 is 16.8 Å². The molecule has 0 aliphatic carbocycles. The molecule has 1 amide bonds. The van der Waals surface area contributed by atoms with Crippen molar-refractivity contribution in [3.05, 3.63) is 42.7 Å². The zero-order valence-electron chi connectivity index (χ0n) is 13.6. The maximum absolute atomic E-state index is 12.4. The van der Waals surface area contributed by atoms with Crippen molar-refractivity contribution in [2.75, 3.05) is 18.0 Å². The maximum atomic E-state index is 12.4. The third kappa shape index (κ3) is 2.73. The Balaban J connectivity index is 1.46. The van der Waals surface area contributed by atoms with Gasteiger partial charge in [0, 0.05) is 24.0 Å². The number of anilines is 2. The van der Waals surface area contributed by atoms with Gasteiger partial charge in [-0.1, -0.05) is 0 Å². The zero-order chi connectivity index (χ0) is 18.1. The lowest BCUT2D eigenvalue weighted by atomic mass is 10.1. The molecule has 0 saturated carbocycles. The number of rotatable bonds is 4. The van der Waals surface area contributed by atoms with E-state index in [0.717, 1.165) is 0 Å². The van der Waals surface area contributed by atoms with E-state index in [4.69, 9.17) is 11.5 Å². The Labute approximate surface area is 147 Å². The normalized spacial score (nSPS) is 11.1. The molecular weight excluding hydrogens is 334 g/mol. The number of carbonyl (C=O) groups is 1. The van der Waals surface area contributed by atoms with Crippen LogP contribution in [0.3, 0.4) is 0 Å². The summed E-state index contributed by atoms with van der Waals surface area (Å²) >= 11 is 0. The second-order valence-electron chi connectivity index (χ2n) is 5.62. The number of benzene rings is 1. The third-order valence-corrected chi connectivity index (χ3v) is 4.00. The molecule has 0 radical (unpaired) electrons. The van der Waals surface area contributed by atoms with E-state index in [1.165, 1.54) is 12.7 Å². The number of hydrogen-bond acceptors (Lipinski definition) is 8. The highest BCUT2D eigenvalue weighted by Crippen LogP contribution is 2.18. The Hall–Kier alpha value is -3.82. The highest BCUT2D eigenvalue weighted by molar-refractivity contribution is 5.99. The van der Waals surface area contributed by atoms with Gasteiger partial charge in [0.1, 0.15) is 24.0 Å². The summed E-state index contributed by atoms with van der Waals surface area (Å²) < 4.78 is 1.81. The summed E-state index contributed by atoms with van der Waals surface area (Å²) in [7, 11) is 0. The van der Waals surface area contributed by atoms with Crippen LogP contribution in [0.1, 0.15) is 10.4 Å². The lowest BCUT2D eigenvalue weighted by Crippen LogP contribution is -2.27. The lowest BCUT2D eigenvalue weighted by molar-refractivity contribution is 0.0952. The summed E-state index contributed by atoms with van der Waals surface area (Å²) in [5, 5.41) is 3.57. The number of amides is 1. The average molecular weight is 349 g/mol. The molecule has 4 aromatic rings. The molecule has 0 fully saturated rings. The first-order chi connectivity index (χ1) is 12.6. The number of fused-ring (bicyclic) bond motifs is 2. The van der Waals surface area contributed by atoms with E-state index in [1.54, 1.807) is 24.5 Å². The topological polar surface area (TPSA) is 151 Å². The highest BCUT2D eigenvalue weighted by Gasteiger charge is 2.10. The fraction of sp³-hybridized carbons (Fsp3) is 0.125. The van der Waals surface area contributed by atoms with E-state index >= 15 is 0 Å². The minimum absolute atomic E-state index is 0.206. The Morgan fingerprint density at radius 2 is 1.85 bits per heavy atom. The van der Waals surface area contributed by atoms with Crippen LogP contribution in [0.15, 0.2) is 37.2 Å². The van der Waals surface area contributed by atoms with E-state index in [-0.39, 0.29) is 5.91 Å². The average Bonchev–Trinajstić information content (AvgIpc) is 3.06. The molecule has 3 heterocycles. The molecule has 130 valence electrons. The Kier molecular flexibility index (Phi) is 3.77. The van der Waals surface area contributed by atoms with E-state index in [9.17, 15) is 4.79 Å². The van der Waals surface area contributed by atoms with E-state index < -0.39 is 0 Å². The predicted molar refractivity (Wildman–Crippen MR) is 96.0 cm³/mol. The van der Waals surface area contributed by atoms with E-state index in [0.29, 0.717) is 52.4 Å². The molecule has 5 N–H and O–H groups in total. The molecule has 3 aromatic heterocycles. The molecule has 10 heteroatoms. The molecule has 4 rings (SSSR count). The van der Waals surface area contributed by atoms with Crippen molar-refractivity contribution in [3.63, 3.8) is 0 Å². The van der Waals surface area contributed by atoms with Gasteiger partial charge in [-0.15, -0.1) is 0 Å². The number of nitrogens with two attached hydrogens (primary N) is 2. The van der Waals surface area contributed by atoms with Crippen molar-refractivity contribution in [2.45, 2.75) is 6.54 Å². The van der Waals surface area contributed by atoms with Crippen LogP contribution in [0.2, 0.25) is 0 Å². The van der Waals surface area contributed by atoms with Crippen LogP contribution in [-0.2, 0) is 6.54 Å². The molecule has 0 bridgehead atoms. The summed E-state index contributed by atoms with van der Waals surface area (Å²) in [5.41, 5.74) is 13.9. The first-order valence-corrected chi connectivity index (χ1v) is 7.83.